The van der Waals surface area contributed by atoms with Crippen LogP contribution < -0.4 is 15.2 Å². The second-order valence-electron chi connectivity index (χ2n) is 10.6. The van der Waals surface area contributed by atoms with Gasteiger partial charge in [-0.2, -0.15) is 0 Å². The van der Waals surface area contributed by atoms with Crippen molar-refractivity contribution >= 4 is 23.9 Å². The quantitative estimate of drug-likeness (QED) is 0.235. The van der Waals surface area contributed by atoms with E-state index < -0.39 is 30.1 Å². The van der Waals surface area contributed by atoms with E-state index in [9.17, 15) is 19.2 Å². The first-order chi connectivity index (χ1) is 17.8. The molecule has 1 aromatic carbocycles. The Balaban J connectivity index is 2.88. The van der Waals surface area contributed by atoms with Crippen molar-refractivity contribution in [3.63, 3.8) is 0 Å². The van der Waals surface area contributed by atoms with Crippen molar-refractivity contribution in [3.05, 3.63) is 23.8 Å². The summed E-state index contributed by atoms with van der Waals surface area (Å²) in [6.07, 6.45) is 1.87. The normalized spacial score (nSPS) is 13.5. The third kappa shape index (κ3) is 13.0. The predicted octanol–water partition coefficient (Wildman–Crippen LogP) is 4.76. The van der Waals surface area contributed by atoms with Crippen LogP contribution in [0.4, 0.5) is 0 Å². The van der Waals surface area contributed by atoms with Crippen LogP contribution in [0.1, 0.15) is 86.1 Å². The van der Waals surface area contributed by atoms with Crippen LogP contribution in [0, 0.1) is 17.8 Å². The monoisotopic (exact) mass is 535 g/mol. The first-order valence-corrected chi connectivity index (χ1v) is 13.5. The van der Waals surface area contributed by atoms with E-state index in [1.54, 1.807) is 26.0 Å². The van der Waals surface area contributed by atoms with Gasteiger partial charge in [0.1, 0.15) is 18.8 Å². The van der Waals surface area contributed by atoms with Crippen molar-refractivity contribution in [2.24, 2.45) is 23.5 Å². The van der Waals surface area contributed by atoms with E-state index in [1.165, 1.54) is 6.07 Å². The maximum atomic E-state index is 12.5. The lowest BCUT2D eigenvalue weighted by Crippen LogP contribution is -2.37. The molecule has 214 valence electrons. The van der Waals surface area contributed by atoms with E-state index in [2.05, 4.69) is 0 Å². The highest BCUT2D eigenvalue weighted by Crippen LogP contribution is 2.30. The van der Waals surface area contributed by atoms with E-state index in [4.69, 9.17) is 24.7 Å². The number of carbonyl (C=O) groups is 4. The molecule has 1 unspecified atom stereocenters. The molecule has 0 spiro atoms. The summed E-state index contributed by atoms with van der Waals surface area (Å²) in [5, 5.41) is 0. The largest absolute Gasteiger partial charge is 0.462 e. The predicted molar refractivity (Wildman–Crippen MR) is 144 cm³/mol. The first-order valence-electron chi connectivity index (χ1n) is 13.5. The molecular formula is C29H45NO8. The fourth-order valence-electron chi connectivity index (χ4n) is 3.17. The fourth-order valence-corrected chi connectivity index (χ4v) is 3.17. The van der Waals surface area contributed by atoms with Gasteiger partial charge >= 0.3 is 23.9 Å². The summed E-state index contributed by atoms with van der Waals surface area (Å²) in [5.41, 5.74) is 6.66. The number of benzene rings is 1. The number of rotatable bonds is 16. The smallest absolute Gasteiger partial charge is 0.323 e. The molecule has 3 atom stereocenters. The number of carbonyl (C=O) groups excluding carboxylic acids is 4. The minimum Gasteiger partial charge on any atom is -0.462 e. The summed E-state index contributed by atoms with van der Waals surface area (Å²) >= 11 is 0. The third-order valence-corrected chi connectivity index (χ3v) is 5.86. The molecule has 0 bridgehead atoms. The van der Waals surface area contributed by atoms with E-state index in [-0.39, 0.29) is 49.3 Å². The molecule has 0 aliphatic carbocycles. The highest BCUT2D eigenvalue weighted by Gasteiger charge is 2.22. The molecule has 9 heteroatoms. The van der Waals surface area contributed by atoms with Crippen LogP contribution >= 0.6 is 0 Å². The van der Waals surface area contributed by atoms with Crippen LogP contribution in [0.15, 0.2) is 18.2 Å². The molecule has 0 fully saturated rings. The van der Waals surface area contributed by atoms with Crippen molar-refractivity contribution < 1.29 is 38.1 Å². The van der Waals surface area contributed by atoms with E-state index >= 15 is 0 Å². The van der Waals surface area contributed by atoms with Gasteiger partial charge in [0, 0.05) is 12.8 Å². The third-order valence-electron chi connectivity index (χ3n) is 5.86. The summed E-state index contributed by atoms with van der Waals surface area (Å²) in [4.78, 5) is 49.0. The van der Waals surface area contributed by atoms with Gasteiger partial charge in [0.25, 0.3) is 0 Å². The molecule has 1 aromatic rings. The fraction of sp³-hybridized carbons (Fsp3) is 0.655. The number of esters is 4. The summed E-state index contributed by atoms with van der Waals surface area (Å²) in [7, 11) is 0. The van der Waals surface area contributed by atoms with Gasteiger partial charge in [0.15, 0.2) is 11.5 Å². The van der Waals surface area contributed by atoms with Gasteiger partial charge in [0.05, 0.1) is 5.92 Å². The van der Waals surface area contributed by atoms with Gasteiger partial charge in [-0.25, -0.2) is 0 Å². The standard InChI is InChI=1S/C29H45NO8/c1-8-20(6)28(33)35-17-21(7)36-29(34)23(30)15-22-11-12-24(37-26(31)13-9-18(2)3)25(16-22)38-27(32)14-10-19(4)5/h11-12,16,18-21,23H,8-10,13-15,17,30H2,1-7H3/t20?,21-,23-/m0/s1. The molecule has 0 heterocycles. The maximum absolute atomic E-state index is 12.5. The van der Waals surface area contributed by atoms with Gasteiger partial charge < -0.3 is 24.7 Å². The first kappa shape index (κ1) is 33.1. The molecule has 0 saturated heterocycles. The second-order valence-corrected chi connectivity index (χ2v) is 10.6. The van der Waals surface area contributed by atoms with Crippen LogP contribution in [0.5, 0.6) is 11.5 Å². The number of nitrogens with two attached hydrogens (primary N) is 1. The Bertz CT molecular complexity index is 927. The van der Waals surface area contributed by atoms with Gasteiger partial charge in [-0.15, -0.1) is 0 Å². The molecule has 0 radical (unpaired) electrons. The van der Waals surface area contributed by atoms with E-state index in [1.807, 2.05) is 34.6 Å². The van der Waals surface area contributed by atoms with Crippen LogP contribution in [0.2, 0.25) is 0 Å². The Kier molecular flexibility index (Phi) is 14.6. The number of ether oxygens (including phenoxy) is 4. The Morgan fingerprint density at radius 3 is 1.89 bits per heavy atom. The lowest BCUT2D eigenvalue weighted by molar-refractivity contribution is -0.160. The zero-order valence-corrected chi connectivity index (χ0v) is 23.9. The summed E-state index contributed by atoms with van der Waals surface area (Å²) in [6, 6.07) is 3.72. The molecule has 38 heavy (non-hydrogen) atoms. The van der Waals surface area contributed by atoms with Crippen LogP contribution in [0.25, 0.3) is 0 Å². The SMILES string of the molecule is CCC(C)C(=O)OC[C@H](C)OC(=O)[C@@H](N)Cc1ccc(OC(=O)CCC(C)C)c(OC(=O)CCC(C)C)c1. The Labute approximate surface area is 226 Å². The lowest BCUT2D eigenvalue weighted by Gasteiger charge is -2.18. The van der Waals surface area contributed by atoms with Gasteiger partial charge in [-0.05, 0) is 62.1 Å². The van der Waals surface area contributed by atoms with Gasteiger partial charge in [0.2, 0.25) is 0 Å². The van der Waals surface area contributed by atoms with Crippen molar-refractivity contribution in [2.75, 3.05) is 6.61 Å². The van der Waals surface area contributed by atoms with Crippen molar-refractivity contribution in [3.8, 4) is 11.5 Å². The highest BCUT2D eigenvalue weighted by atomic mass is 16.6. The van der Waals surface area contributed by atoms with Crippen LogP contribution in [-0.2, 0) is 35.1 Å². The van der Waals surface area contributed by atoms with Gasteiger partial charge in [-0.1, -0.05) is 47.6 Å². The Morgan fingerprint density at radius 2 is 1.37 bits per heavy atom. The van der Waals surface area contributed by atoms with E-state index in [0.717, 1.165) is 0 Å². The number of hydrogen-bond donors (Lipinski definition) is 1. The summed E-state index contributed by atoms with van der Waals surface area (Å²) in [5.74, 6) is -1.20. The second kappa shape index (κ2) is 16.8. The molecular weight excluding hydrogens is 490 g/mol. The Morgan fingerprint density at radius 1 is 0.816 bits per heavy atom. The minimum absolute atomic E-state index is 0.0605. The van der Waals surface area contributed by atoms with Crippen molar-refractivity contribution in [1.82, 2.24) is 0 Å². The molecule has 2 N–H and O–H groups in total. The summed E-state index contributed by atoms with van der Waals surface area (Å²) in [6.45, 7) is 13.2. The maximum Gasteiger partial charge on any atom is 0.323 e. The van der Waals surface area contributed by atoms with Crippen LogP contribution in [-0.4, -0.2) is 42.6 Å². The van der Waals surface area contributed by atoms with E-state index in [0.29, 0.717) is 36.7 Å². The Hall–Kier alpha value is -2.94. The minimum atomic E-state index is -1.01. The molecule has 0 saturated carbocycles. The molecule has 0 aliphatic rings. The molecule has 1 rings (SSSR count). The lowest BCUT2D eigenvalue weighted by atomic mass is 10.1. The highest BCUT2D eigenvalue weighted by molar-refractivity contribution is 5.77. The van der Waals surface area contributed by atoms with Crippen molar-refractivity contribution in [1.29, 1.82) is 0 Å². The topological polar surface area (TPSA) is 131 Å². The molecule has 0 aromatic heterocycles. The molecule has 9 nitrogen and oxygen atoms in total. The summed E-state index contributed by atoms with van der Waals surface area (Å²) < 4.78 is 21.5. The molecule has 0 amide bonds. The zero-order valence-electron chi connectivity index (χ0n) is 23.9. The average molecular weight is 536 g/mol. The van der Waals surface area contributed by atoms with Gasteiger partial charge in [-0.3, -0.25) is 19.2 Å². The van der Waals surface area contributed by atoms with Crippen molar-refractivity contribution in [2.45, 2.75) is 99.1 Å². The van der Waals surface area contributed by atoms with Crippen LogP contribution in [0.3, 0.4) is 0 Å². The molecule has 0 aliphatic heterocycles. The average Bonchev–Trinajstić information content (AvgIpc) is 2.85. The zero-order chi connectivity index (χ0) is 28.8. The number of hydrogen-bond acceptors (Lipinski definition) is 9.